The Bertz CT molecular complexity index is 587. The molecule has 19 heavy (non-hydrogen) atoms. The summed E-state index contributed by atoms with van der Waals surface area (Å²) in [4.78, 5) is 11.5. The van der Waals surface area contributed by atoms with Gasteiger partial charge in [0.05, 0.1) is 10.3 Å². The highest BCUT2D eigenvalue weighted by molar-refractivity contribution is 7.85. The van der Waals surface area contributed by atoms with Crippen molar-refractivity contribution in [2.75, 3.05) is 0 Å². The molecule has 1 aromatic carbocycles. The summed E-state index contributed by atoms with van der Waals surface area (Å²) in [6.45, 7) is 6.82. The number of rotatable bonds is 4. The molecule has 0 radical (unpaired) electrons. The van der Waals surface area contributed by atoms with Gasteiger partial charge in [-0.05, 0) is 44.9 Å². The highest BCUT2D eigenvalue weighted by Crippen LogP contribution is 2.26. The third kappa shape index (κ3) is 3.78. The molecule has 5 nitrogen and oxygen atoms in total. The Hall–Kier alpha value is -1.40. The van der Waals surface area contributed by atoms with E-state index in [1.54, 1.807) is 13.8 Å². The maximum Gasteiger partial charge on any atom is 0.316 e. The van der Waals surface area contributed by atoms with Gasteiger partial charge in [-0.1, -0.05) is 13.0 Å². The van der Waals surface area contributed by atoms with Crippen LogP contribution in [-0.2, 0) is 14.9 Å². The van der Waals surface area contributed by atoms with E-state index in [-0.39, 0.29) is 10.6 Å². The summed E-state index contributed by atoms with van der Waals surface area (Å²) >= 11 is 0. The van der Waals surface area contributed by atoms with Crippen molar-refractivity contribution in [2.24, 2.45) is 5.41 Å². The van der Waals surface area contributed by atoms with Crippen molar-refractivity contribution >= 4 is 16.1 Å². The van der Waals surface area contributed by atoms with Crippen LogP contribution >= 0.6 is 0 Å². The van der Waals surface area contributed by atoms with Gasteiger partial charge in [-0.2, -0.15) is 0 Å². The Kier molecular flexibility index (Phi) is 4.37. The van der Waals surface area contributed by atoms with Gasteiger partial charge >= 0.3 is 5.97 Å². The van der Waals surface area contributed by atoms with Crippen LogP contribution in [0.2, 0.25) is 0 Å². The summed E-state index contributed by atoms with van der Waals surface area (Å²) in [5.74, 6) is -0.403. The van der Waals surface area contributed by atoms with Crippen LogP contribution in [0, 0.1) is 12.3 Å². The van der Waals surface area contributed by atoms with Gasteiger partial charge in [0, 0.05) is 0 Å². The number of carbonyl (C=O) groups is 1. The maximum absolute atomic E-state index is 11.9. The summed E-state index contributed by atoms with van der Waals surface area (Å²) in [5.41, 5.74) is -0.342. The van der Waals surface area contributed by atoms with Crippen LogP contribution in [0.3, 0.4) is 0 Å². The molecule has 106 valence electrons. The predicted molar refractivity (Wildman–Crippen MR) is 68.8 cm³/mol. The van der Waals surface area contributed by atoms with Gasteiger partial charge in [-0.3, -0.25) is 4.79 Å². The first kappa shape index (κ1) is 15.7. The molecule has 1 rings (SSSR count). The van der Waals surface area contributed by atoms with Gasteiger partial charge in [-0.15, -0.1) is 0 Å². The highest BCUT2D eigenvalue weighted by atomic mass is 32.2. The predicted octanol–water partition coefficient (Wildman–Crippen LogP) is 2.24. The first-order valence-electron chi connectivity index (χ1n) is 5.87. The maximum atomic E-state index is 11.9. The number of benzene rings is 1. The summed E-state index contributed by atoms with van der Waals surface area (Å²) in [7, 11) is -4.57. The van der Waals surface area contributed by atoms with Crippen LogP contribution in [0.4, 0.5) is 0 Å². The van der Waals surface area contributed by atoms with E-state index >= 15 is 0 Å². The van der Waals surface area contributed by atoms with E-state index in [9.17, 15) is 17.8 Å². The summed E-state index contributed by atoms with van der Waals surface area (Å²) < 4.78 is 38.3. The number of hydrogen-bond donors (Lipinski definition) is 0. The Morgan fingerprint density at radius 3 is 2.42 bits per heavy atom. The van der Waals surface area contributed by atoms with Crippen molar-refractivity contribution < 1.29 is 22.5 Å². The fraction of sp³-hybridized carbons (Fsp3) is 0.462. The Morgan fingerprint density at radius 1 is 1.37 bits per heavy atom. The topological polar surface area (TPSA) is 83.5 Å². The van der Waals surface area contributed by atoms with E-state index in [0.717, 1.165) is 6.07 Å². The SMILES string of the molecule is CCC(C)(C)C(=O)Oc1ccc(C)c(S(=O)(=O)[O-])c1. The molecular weight excluding hydrogens is 268 g/mol. The minimum atomic E-state index is -4.57. The largest absolute Gasteiger partial charge is 0.744 e. The van der Waals surface area contributed by atoms with Gasteiger partial charge in [-0.25, -0.2) is 8.42 Å². The quantitative estimate of drug-likeness (QED) is 0.481. The summed E-state index contributed by atoms with van der Waals surface area (Å²) in [6.07, 6.45) is 0.588. The normalized spacial score (nSPS) is 12.3. The monoisotopic (exact) mass is 285 g/mol. The summed E-state index contributed by atoms with van der Waals surface area (Å²) in [6, 6.07) is 3.99. The fourth-order valence-electron chi connectivity index (χ4n) is 1.30. The first-order chi connectivity index (χ1) is 8.58. The molecule has 0 amide bonds. The molecule has 0 unspecified atom stereocenters. The number of aryl methyl sites for hydroxylation is 1. The van der Waals surface area contributed by atoms with E-state index in [1.807, 2.05) is 6.92 Å². The zero-order chi connectivity index (χ0) is 14.8. The van der Waals surface area contributed by atoms with Crippen molar-refractivity contribution in [2.45, 2.75) is 39.0 Å². The molecule has 0 spiro atoms. The molecule has 6 heteroatoms. The van der Waals surface area contributed by atoms with E-state index in [2.05, 4.69) is 0 Å². The average Bonchev–Trinajstić information content (AvgIpc) is 2.30. The fourth-order valence-corrected chi connectivity index (χ4v) is 2.03. The molecule has 0 aliphatic rings. The first-order valence-corrected chi connectivity index (χ1v) is 7.27. The van der Waals surface area contributed by atoms with Crippen molar-refractivity contribution in [3.63, 3.8) is 0 Å². The highest BCUT2D eigenvalue weighted by Gasteiger charge is 2.27. The number of carbonyl (C=O) groups excluding carboxylic acids is 1. The van der Waals surface area contributed by atoms with Crippen molar-refractivity contribution in [1.82, 2.24) is 0 Å². The average molecular weight is 285 g/mol. The van der Waals surface area contributed by atoms with Crippen molar-refractivity contribution in [3.05, 3.63) is 23.8 Å². The molecule has 0 aromatic heterocycles. The molecular formula is C13H17O5S-. The van der Waals surface area contributed by atoms with Gasteiger partial charge in [0.1, 0.15) is 15.9 Å². The van der Waals surface area contributed by atoms with E-state index < -0.39 is 21.5 Å². The van der Waals surface area contributed by atoms with Crippen LogP contribution in [-0.4, -0.2) is 18.9 Å². The van der Waals surface area contributed by atoms with Crippen LogP contribution in [0.1, 0.15) is 32.8 Å². The Morgan fingerprint density at radius 2 is 1.95 bits per heavy atom. The minimum Gasteiger partial charge on any atom is -0.744 e. The second kappa shape index (κ2) is 5.30. The minimum absolute atomic E-state index is 0.0616. The lowest BCUT2D eigenvalue weighted by molar-refractivity contribution is -0.144. The van der Waals surface area contributed by atoms with Gasteiger partial charge in [0.15, 0.2) is 0 Å². The van der Waals surface area contributed by atoms with Crippen molar-refractivity contribution in [3.8, 4) is 5.75 Å². The molecule has 0 aliphatic carbocycles. The lowest BCUT2D eigenvalue weighted by Gasteiger charge is -2.20. The van der Waals surface area contributed by atoms with Crippen LogP contribution in [0.25, 0.3) is 0 Å². The zero-order valence-corrected chi connectivity index (χ0v) is 12.2. The Labute approximate surface area is 113 Å². The second-order valence-electron chi connectivity index (χ2n) is 5.01. The van der Waals surface area contributed by atoms with Crippen LogP contribution in [0.15, 0.2) is 23.1 Å². The standard InChI is InChI=1S/C13H18O5S/c1-5-13(3,4)12(14)18-10-7-6-9(2)11(8-10)19(15,16)17/h6-8H,5H2,1-4H3,(H,15,16,17)/p-1. The molecule has 0 atom stereocenters. The lowest BCUT2D eigenvalue weighted by atomic mass is 9.91. The van der Waals surface area contributed by atoms with Crippen molar-refractivity contribution in [1.29, 1.82) is 0 Å². The van der Waals surface area contributed by atoms with Gasteiger partial charge in [0.2, 0.25) is 0 Å². The third-order valence-corrected chi connectivity index (χ3v) is 4.05. The summed E-state index contributed by atoms with van der Waals surface area (Å²) in [5, 5.41) is 0. The molecule has 0 N–H and O–H groups in total. The second-order valence-corrected chi connectivity index (χ2v) is 6.36. The lowest BCUT2D eigenvalue weighted by Crippen LogP contribution is -2.28. The number of ether oxygens (including phenoxy) is 1. The van der Waals surface area contributed by atoms with Crippen LogP contribution in [0.5, 0.6) is 5.75 Å². The van der Waals surface area contributed by atoms with E-state index in [1.165, 1.54) is 19.1 Å². The van der Waals surface area contributed by atoms with Crippen LogP contribution < -0.4 is 4.74 Å². The number of esters is 1. The van der Waals surface area contributed by atoms with Gasteiger partial charge in [0.25, 0.3) is 0 Å². The molecule has 0 bridgehead atoms. The zero-order valence-electron chi connectivity index (χ0n) is 11.4. The molecule has 0 heterocycles. The third-order valence-electron chi connectivity index (χ3n) is 3.08. The molecule has 0 aliphatic heterocycles. The molecule has 0 saturated heterocycles. The molecule has 1 aromatic rings. The number of hydrogen-bond acceptors (Lipinski definition) is 5. The van der Waals surface area contributed by atoms with E-state index in [4.69, 9.17) is 4.74 Å². The smallest absolute Gasteiger partial charge is 0.316 e. The molecule has 0 fully saturated rings. The molecule has 0 saturated carbocycles. The van der Waals surface area contributed by atoms with E-state index in [0.29, 0.717) is 12.0 Å². The van der Waals surface area contributed by atoms with Gasteiger partial charge < -0.3 is 9.29 Å². The Balaban J connectivity index is 3.09.